The number of hydrogen-bond donors (Lipinski definition) is 4. The Morgan fingerprint density at radius 2 is 1.82 bits per heavy atom. The number of aromatic amines is 1. The van der Waals surface area contributed by atoms with Crippen molar-refractivity contribution < 1.29 is 23.9 Å². The average Bonchev–Trinajstić information content (AvgIpc) is 2.96. The quantitative estimate of drug-likeness (QED) is 0.192. The number of amides is 3. The average molecular weight is 642 g/mol. The third-order valence-electron chi connectivity index (χ3n) is 6.13. The SMILES string of the molecule is COc1ncc2cc(C(=O)Nc3cc(C(=O)N[C@@H](CCNC(=O)OC(C)(C)C)c4cccc(Cl)c4)ccc3Cl)c(=O)[nH]c2n1. The molecule has 0 unspecified atom stereocenters. The zero-order chi connectivity index (χ0) is 32.0. The number of nitrogens with one attached hydrogen (secondary N) is 4. The summed E-state index contributed by atoms with van der Waals surface area (Å²) in [6.45, 7) is 5.48. The lowest BCUT2D eigenvalue weighted by Gasteiger charge is -2.22. The predicted molar refractivity (Wildman–Crippen MR) is 167 cm³/mol. The Balaban J connectivity index is 1.51. The first-order valence-corrected chi connectivity index (χ1v) is 14.2. The number of nitrogens with zero attached hydrogens (tertiary/aromatic N) is 2. The Bertz CT molecular complexity index is 1770. The third-order valence-corrected chi connectivity index (χ3v) is 6.70. The number of anilines is 1. The molecule has 4 rings (SSSR count). The molecule has 0 radical (unpaired) electrons. The van der Waals surface area contributed by atoms with Crippen LogP contribution in [0.15, 0.2) is 59.5 Å². The van der Waals surface area contributed by atoms with Crippen LogP contribution in [0.1, 0.15) is 59.5 Å². The van der Waals surface area contributed by atoms with E-state index in [0.29, 0.717) is 16.8 Å². The first-order chi connectivity index (χ1) is 20.8. The van der Waals surface area contributed by atoms with E-state index < -0.39 is 35.1 Å². The molecule has 0 saturated heterocycles. The highest BCUT2D eigenvalue weighted by molar-refractivity contribution is 6.34. The summed E-state index contributed by atoms with van der Waals surface area (Å²) in [6.07, 6.45) is 1.15. The van der Waals surface area contributed by atoms with Gasteiger partial charge in [0.2, 0.25) is 0 Å². The fourth-order valence-electron chi connectivity index (χ4n) is 4.12. The zero-order valence-electron chi connectivity index (χ0n) is 24.3. The van der Waals surface area contributed by atoms with Crippen LogP contribution in [0.5, 0.6) is 6.01 Å². The van der Waals surface area contributed by atoms with Crippen LogP contribution < -0.4 is 26.2 Å². The van der Waals surface area contributed by atoms with Gasteiger partial charge in [0.05, 0.1) is 23.9 Å². The van der Waals surface area contributed by atoms with Crippen molar-refractivity contribution in [3.63, 3.8) is 0 Å². The number of halogens is 2. The molecule has 44 heavy (non-hydrogen) atoms. The van der Waals surface area contributed by atoms with Crippen LogP contribution in [0.25, 0.3) is 11.0 Å². The number of fused-ring (bicyclic) bond motifs is 1. The standard InChI is InChI=1S/C30H30Cl2N6O6/c1-30(2,3)44-29(42)33-11-10-22(16-6-5-7-19(31)12-16)35-25(39)17-8-9-21(32)23(14-17)36-26(40)20-13-18-15-34-28(43-4)38-24(18)37-27(20)41/h5-9,12-15,22H,10-11H2,1-4H3,(H,33,42)(H,35,39)(H,36,40)(H,34,37,38,41)/t22-/m0/s1. The van der Waals surface area contributed by atoms with E-state index in [2.05, 4.69) is 30.9 Å². The Labute approximate surface area is 262 Å². The van der Waals surface area contributed by atoms with Crippen molar-refractivity contribution in [2.75, 3.05) is 19.0 Å². The van der Waals surface area contributed by atoms with E-state index in [9.17, 15) is 19.2 Å². The molecular formula is C30H30Cl2N6O6. The highest BCUT2D eigenvalue weighted by atomic mass is 35.5. The molecule has 0 aliphatic heterocycles. The molecule has 0 aliphatic rings. The van der Waals surface area contributed by atoms with Gasteiger partial charge in [-0.15, -0.1) is 0 Å². The van der Waals surface area contributed by atoms with E-state index in [0.717, 1.165) is 5.56 Å². The molecule has 1 atom stereocenters. The lowest BCUT2D eigenvalue weighted by Crippen LogP contribution is -2.35. The minimum atomic E-state index is -0.756. The van der Waals surface area contributed by atoms with Gasteiger partial charge in [0.1, 0.15) is 16.8 Å². The highest BCUT2D eigenvalue weighted by Crippen LogP contribution is 2.26. The number of carbonyl (C=O) groups excluding carboxylic acids is 3. The number of benzene rings is 2. The highest BCUT2D eigenvalue weighted by Gasteiger charge is 2.21. The molecule has 4 N–H and O–H groups in total. The summed E-state index contributed by atoms with van der Waals surface area (Å²) in [5.74, 6) is -1.23. The van der Waals surface area contributed by atoms with Gasteiger partial charge >= 0.3 is 12.1 Å². The summed E-state index contributed by atoms with van der Waals surface area (Å²) in [5.41, 5.74) is -0.343. The molecule has 2 aromatic carbocycles. The van der Waals surface area contributed by atoms with E-state index in [4.69, 9.17) is 32.7 Å². The Kier molecular flexibility index (Phi) is 10.1. The summed E-state index contributed by atoms with van der Waals surface area (Å²) in [7, 11) is 1.39. The second-order valence-corrected chi connectivity index (χ2v) is 11.5. The Hall–Kier alpha value is -4.68. The largest absolute Gasteiger partial charge is 0.467 e. The topological polar surface area (TPSA) is 164 Å². The summed E-state index contributed by atoms with van der Waals surface area (Å²) in [4.78, 5) is 61.8. The van der Waals surface area contributed by atoms with E-state index in [1.807, 2.05) is 0 Å². The number of ether oxygens (including phenoxy) is 2. The summed E-state index contributed by atoms with van der Waals surface area (Å²) >= 11 is 12.5. The van der Waals surface area contributed by atoms with E-state index in [1.165, 1.54) is 37.6 Å². The van der Waals surface area contributed by atoms with Crippen molar-refractivity contribution in [1.29, 1.82) is 0 Å². The number of pyridine rings is 1. The van der Waals surface area contributed by atoms with Crippen LogP contribution in [0, 0.1) is 0 Å². The van der Waals surface area contributed by atoms with Gasteiger partial charge in [0.15, 0.2) is 0 Å². The second kappa shape index (κ2) is 13.7. The van der Waals surface area contributed by atoms with Crippen LogP contribution in [-0.4, -0.2) is 52.1 Å². The van der Waals surface area contributed by atoms with E-state index >= 15 is 0 Å². The molecule has 0 spiro atoms. The molecule has 14 heteroatoms. The molecule has 2 heterocycles. The molecule has 12 nitrogen and oxygen atoms in total. The van der Waals surface area contributed by atoms with Gasteiger partial charge in [0, 0.05) is 28.7 Å². The number of alkyl carbamates (subject to hydrolysis) is 1. The minimum Gasteiger partial charge on any atom is -0.467 e. The van der Waals surface area contributed by atoms with Crippen LogP contribution in [0.2, 0.25) is 10.0 Å². The molecule has 0 fully saturated rings. The fraction of sp³-hybridized carbons (Fsp3) is 0.267. The maximum atomic E-state index is 13.4. The van der Waals surface area contributed by atoms with Gasteiger partial charge in [-0.3, -0.25) is 14.4 Å². The molecule has 0 aliphatic carbocycles. The molecular weight excluding hydrogens is 611 g/mol. The fourth-order valence-corrected chi connectivity index (χ4v) is 4.48. The molecule has 2 aromatic heterocycles. The number of aromatic nitrogens is 3. The van der Waals surface area contributed by atoms with Gasteiger partial charge in [-0.2, -0.15) is 4.98 Å². The zero-order valence-corrected chi connectivity index (χ0v) is 25.8. The van der Waals surface area contributed by atoms with Crippen molar-refractivity contribution >= 4 is 57.8 Å². The molecule has 3 amide bonds. The minimum absolute atomic E-state index is 0.0594. The maximum Gasteiger partial charge on any atom is 0.407 e. The Morgan fingerprint density at radius 3 is 2.52 bits per heavy atom. The monoisotopic (exact) mass is 640 g/mol. The number of carbonyl (C=O) groups is 3. The van der Waals surface area contributed by atoms with Gasteiger partial charge in [-0.1, -0.05) is 35.3 Å². The van der Waals surface area contributed by atoms with Crippen molar-refractivity contribution in [2.45, 2.75) is 38.8 Å². The third kappa shape index (κ3) is 8.45. The predicted octanol–water partition coefficient (Wildman–Crippen LogP) is 5.27. The van der Waals surface area contributed by atoms with Crippen LogP contribution >= 0.6 is 23.2 Å². The summed E-state index contributed by atoms with van der Waals surface area (Å²) < 4.78 is 10.2. The Morgan fingerprint density at radius 1 is 1.05 bits per heavy atom. The van der Waals surface area contributed by atoms with Gasteiger partial charge in [-0.25, -0.2) is 9.78 Å². The summed E-state index contributed by atoms with van der Waals surface area (Å²) in [5, 5.41) is 9.26. The van der Waals surface area contributed by atoms with E-state index in [-0.39, 0.29) is 40.0 Å². The number of hydrogen-bond acceptors (Lipinski definition) is 8. The van der Waals surface area contributed by atoms with Gasteiger partial charge in [-0.05, 0) is 69.2 Å². The smallest absolute Gasteiger partial charge is 0.407 e. The first-order valence-electron chi connectivity index (χ1n) is 13.4. The van der Waals surface area contributed by atoms with Crippen molar-refractivity contribution in [3.8, 4) is 6.01 Å². The maximum absolute atomic E-state index is 13.4. The number of H-pyrrole nitrogens is 1. The second-order valence-electron chi connectivity index (χ2n) is 10.6. The lowest BCUT2D eigenvalue weighted by atomic mass is 10.0. The molecule has 0 saturated carbocycles. The molecule has 4 aromatic rings. The summed E-state index contributed by atoms with van der Waals surface area (Å²) in [6, 6.07) is 12.2. The molecule has 0 bridgehead atoms. The lowest BCUT2D eigenvalue weighted by molar-refractivity contribution is 0.0526. The van der Waals surface area contributed by atoms with Crippen molar-refractivity contribution in [3.05, 3.63) is 91.8 Å². The van der Waals surface area contributed by atoms with Crippen LogP contribution in [-0.2, 0) is 4.74 Å². The van der Waals surface area contributed by atoms with Crippen LogP contribution in [0.4, 0.5) is 10.5 Å². The normalized spacial score (nSPS) is 11.9. The van der Waals surface area contributed by atoms with Crippen molar-refractivity contribution in [2.24, 2.45) is 0 Å². The van der Waals surface area contributed by atoms with Crippen molar-refractivity contribution in [1.82, 2.24) is 25.6 Å². The molecule has 230 valence electrons. The van der Waals surface area contributed by atoms with Gasteiger partial charge < -0.3 is 30.4 Å². The number of rotatable bonds is 9. The van der Waals surface area contributed by atoms with Crippen LogP contribution in [0.3, 0.4) is 0 Å². The van der Waals surface area contributed by atoms with E-state index in [1.54, 1.807) is 45.0 Å². The first kappa shape index (κ1) is 32.2. The number of methoxy groups -OCH3 is 1. The van der Waals surface area contributed by atoms with Gasteiger partial charge in [0.25, 0.3) is 17.4 Å².